The maximum absolute atomic E-state index is 13.7. The van der Waals surface area contributed by atoms with Gasteiger partial charge in [-0.05, 0) is 28.1 Å². The summed E-state index contributed by atoms with van der Waals surface area (Å²) >= 11 is 3.12. The number of halogens is 3. The van der Waals surface area contributed by atoms with Gasteiger partial charge in [0.05, 0.1) is 6.61 Å². The summed E-state index contributed by atoms with van der Waals surface area (Å²) in [5, 5.41) is 0. The second-order valence-electron chi connectivity index (χ2n) is 3.68. The summed E-state index contributed by atoms with van der Waals surface area (Å²) < 4.78 is 32.3. The number of hydrogen-bond acceptors (Lipinski definition) is 4. The highest BCUT2D eigenvalue weighted by Gasteiger charge is 2.39. The zero-order valence-electron chi connectivity index (χ0n) is 8.79. The maximum Gasteiger partial charge on any atom is 0.282 e. The minimum absolute atomic E-state index is 0.0550. The van der Waals surface area contributed by atoms with Crippen LogP contribution in [0.4, 0.5) is 8.78 Å². The van der Waals surface area contributed by atoms with Crippen LogP contribution in [0.1, 0.15) is 12.1 Å². The van der Waals surface area contributed by atoms with Crippen LogP contribution in [-0.4, -0.2) is 24.3 Å². The van der Waals surface area contributed by atoms with Crippen LogP contribution < -0.4 is 5.73 Å². The van der Waals surface area contributed by atoms with E-state index >= 15 is 0 Å². The lowest BCUT2D eigenvalue weighted by atomic mass is 9.92. The molecule has 0 saturated carbocycles. The minimum Gasteiger partial charge on any atom is -0.465 e. The molecule has 17 heavy (non-hydrogen) atoms. The predicted molar refractivity (Wildman–Crippen MR) is 61.7 cm³/mol. The molecule has 0 bridgehead atoms. The fourth-order valence-electron chi connectivity index (χ4n) is 1.70. The molecule has 1 unspecified atom stereocenters. The number of alkyl halides is 1. The third-order valence-electron chi connectivity index (χ3n) is 2.56. The quantitative estimate of drug-likeness (QED) is 0.849. The Hall–Kier alpha value is -1.24. The van der Waals surface area contributed by atoms with Crippen LogP contribution in [0.2, 0.25) is 0 Å². The molecule has 2 N–H and O–H groups in total. The van der Waals surface area contributed by atoms with Gasteiger partial charge in [0, 0.05) is 6.42 Å². The molecule has 92 valence electrons. The molecular weight excluding hydrogens is 296 g/mol. The van der Waals surface area contributed by atoms with Crippen LogP contribution in [-0.2, 0) is 10.3 Å². The van der Waals surface area contributed by atoms with Crippen LogP contribution in [0.5, 0.6) is 0 Å². The average molecular weight is 306 g/mol. The van der Waals surface area contributed by atoms with E-state index in [0.717, 1.165) is 0 Å². The standard InChI is InChI=1S/C10H10BrF2N3O/c11-7-2-1-6(13)8(15-7)10(5-12)3-4-17-9(14)16-10/h1-2H,3-5H2,(H2,14,16). The van der Waals surface area contributed by atoms with Gasteiger partial charge in [0.15, 0.2) is 0 Å². The molecule has 7 heteroatoms. The smallest absolute Gasteiger partial charge is 0.282 e. The first-order valence-corrected chi connectivity index (χ1v) is 5.73. The number of nitrogens with two attached hydrogens (primary N) is 1. The molecule has 0 aromatic carbocycles. The van der Waals surface area contributed by atoms with E-state index in [0.29, 0.717) is 4.60 Å². The molecule has 1 aliphatic heterocycles. The fourth-order valence-corrected chi connectivity index (χ4v) is 2.01. The van der Waals surface area contributed by atoms with E-state index in [1.54, 1.807) is 0 Å². The maximum atomic E-state index is 13.7. The minimum atomic E-state index is -1.38. The summed E-state index contributed by atoms with van der Waals surface area (Å²) in [5.41, 5.74) is 3.98. The van der Waals surface area contributed by atoms with Crippen molar-refractivity contribution in [1.82, 2.24) is 4.98 Å². The van der Waals surface area contributed by atoms with Gasteiger partial charge in [-0.15, -0.1) is 0 Å². The van der Waals surface area contributed by atoms with Gasteiger partial charge < -0.3 is 10.5 Å². The largest absolute Gasteiger partial charge is 0.465 e. The van der Waals surface area contributed by atoms with Gasteiger partial charge in [-0.1, -0.05) is 0 Å². The Morgan fingerprint density at radius 3 is 2.94 bits per heavy atom. The Kier molecular flexibility index (Phi) is 3.28. The zero-order valence-corrected chi connectivity index (χ0v) is 10.4. The topological polar surface area (TPSA) is 60.5 Å². The summed E-state index contributed by atoms with van der Waals surface area (Å²) in [6.45, 7) is -0.690. The van der Waals surface area contributed by atoms with Gasteiger partial charge in [-0.2, -0.15) is 0 Å². The van der Waals surface area contributed by atoms with Crippen molar-refractivity contribution in [3.8, 4) is 0 Å². The van der Waals surface area contributed by atoms with E-state index in [2.05, 4.69) is 25.9 Å². The zero-order chi connectivity index (χ0) is 12.5. The van der Waals surface area contributed by atoms with E-state index in [9.17, 15) is 8.78 Å². The molecule has 0 amide bonds. The molecule has 0 fully saturated rings. The number of ether oxygens (including phenoxy) is 1. The van der Waals surface area contributed by atoms with Gasteiger partial charge >= 0.3 is 0 Å². The van der Waals surface area contributed by atoms with Crippen LogP contribution in [0.25, 0.3) is 0 Å². The van der Waals surface area contributed by atoms with Crippen molar-refractivity contribution >= 4 is 22.0 Å². The van der Waals surface area contributed by atoms with E-state index in [1.165, 1.54) is 12.1 Å². The summed E-state index contributed by atoms with van der Waals surface area (Å²) in [6, 6.07) is 2.51. The first kappa shape index (κ1) is 12.2. The summed E-state index contributed by atoms with van der Waals surface area (Å²) in [5.74, 6) is -0.607. The number of aromatic nitrogens is 1. The summed E-state index contributed by atoms with van der Waals surface area (Å²) in [4.78, 5) is 7.84. The Morgan fingerprint density at radius 2 is 2.29 bits per heavy atom. The van der Waals surface area contributed by atoms with Gasteiger partial charge in [0.25, 0.3) is 6.02 Å². The lowest BCUT2D eigenvalue weighted by Gasteiger charge is -2.30. The number of rotatable bonds is 2. The third kappa shape index (κ3) is 2.24. The van der Waals surface area contributed by atoms with E-state index in [-0.39, 0.29) is 24.7 Å². The van der Waals surface area contributed by atoms with Crippen molar-refractivity contribution in [2.45, 2.75) is 12.0 Å². The SMILES string of the molecule is NC1=NC(CF)(c2nc(Br)ccc2F)CCO1. The Bertz CT molecular complexity index is 469. The monoisotopic (exact) mass is 305 g/mol. The first-order chi connectivity index (χ1) is 8.07. The Labute approximate surface area is 105 Å². The predicted octanol–water partition coefficient (Wildman–Crippen LogP) is 1.88. The molecule has 2 heterocycles. The Balaban J connectivity index is 2.54. The molecule has 1 aromatic rings. The summed E-state index contributed by atoms with van der Waals surface area (Å²) in [6.07, 6.45) is 0.199. The Morgan fingerprint density at radius 1 is 1.53 bits per heavy atom. The highest BCUT2D eigenvalue weighted by atomic mass is 79.9. The van der Waals surface area contributed by atoms with Crippen LogP contribution in [0.3, 0.4) is 0 Å². The van der Waals surface area contributed by atoms with E-state index in [1.807, 2.05) is 0 Å². The number of aliphatic imine (C=N–C) groups is 1. The molecule has 1 aromatic heterocycles. The molecular formula is C10H10BrF2N3O. The molecule has 2 rings (SSSR count). The highest BCUT2D eigenvalue weighted by Crippen LogP contribution is 2.34. The van der Waals surface area contributed by atoms with Gasteiger partial charge in [-0.3, -0.25) is 0 Å². The number of pyridine rings is 1. The van der Waals surface area contributed by atoms with Crippen molar-refractivity contribution in [3.05, 3.63) is 28.2 Å². The second-order valence-corrected chi connectivity index (χ2v) is 4.49. The van der Waals surface area contributed by atoms with Crippen LogP contribution in [0.15, 0.2) is 21.7 Å². The lowest BCUT2D eigenvalue weighted by Crippen LogP contribution is -2.38. The van der Waals surface area contributed by atoms with Crippen LogP contribution in [0, 0.1) is 5.82 Å². The van der Waals surface area contributed by atoms with E-state index < -0.39 is 18.0 Å². The number of nitrogens with zero attached hydrogens (tertiary/aromatic N) is 2. The molecule has 0 saturated heterocycles. The molecule has 0 radical (unpaired) electrons. The molecule has 1 aliphatic rings. The molecule has 4 nitrogen and oxygen atoms in total. The van der Waals surface area contributed by atoms with Crippen LogP contribution >= 0.6 is 15.9 Å². The number of amidine groups is 1. The first-order valence-electron chi connectivity index (χ1n) is 4.94. The van der Waals surface area contributed by atoms with Gasteiger partial charge in [-0.25, -0.2) is 18.8 Å². The van der Waals surface area contributed by atoms with Crippen molar-refractivity contribution in [2.24, 2.45) is 10.7 Å². The molecule has 0 aliphatic carbocycles. The molecule has 0 spiro atoms. The second kappa shape index (κ2) is 4.56. The van der Waals surface area contributed by atoms with Crippen molar-refractivity contribution in [1.29, 1.82) is 0 Å². The molecule has 1 atom stereocenters. The average Bonchev–Trinajstić information content (AvgIpc) is 2.32. The number of hydrogen-bond donors (Lipinski definition) is 1. The lowest BCUT2D eigenvalue weighted by molar-refractivity contribution is 0.174. The van der Waals surface area contributed by atoms with Crippen molar-refractivity contribution in [2.75, 3.05) is 13.3 Å². The van der Waals surface area contributed by atoms with Gasteiger partial charge in [0.1, 0.15) is 28.3 Å². The fraction of sp³-hybridized carbons (Fsp3) is 0.400. The summed E-state index contributed by atoms with van der Waals surface area (Å²) in [7, 11) is 0. The normalized spacial score (nSPS) is 24.1. The highest BCUT2D eigenvalue weighted by molar-refractivity contribution is 9.10. The van der Waals surface area contributed by atoms with E-state index in [4.69, 9.17) is 10.5 Å². The van der Waals surface area contributed by atoms with Crippen molar-refractivity contribution < 1.29 is 13.5 Å². The van der Waals surface area contributed by atoms with Crippen molar-refractivity contribution in [3.63, 3.8) is 0 Å². The third-order valence-corrected chi connectivity index (χ3v) is 3.01. The van der Waals surface area contributed by atoms with Gasteiger partial charge in [0.2, 0.25) is 0 Å².